The summed E-state index contributed by atoms with van der Waals surface area (Å²) in [5.41, 5.74) is 1.16. The Bertz CT molecular complexity index is 1260. The van der Waals surface area contributed by atoms with E-state index in [9.17, 15) is 4.79 Å². The van der Waals surface area contributed by atoms with E-state index < -0.39 is 10.5 Å². The fraction of sp³-hybridized carbons (Fsp3) is 0.174. The third kappa shape index (κ3) is 3.66. The first-order chi connectivity index (χ1) is 13.6. The lowest BCUT2D eigenvalue weighted by atomic mass is 9.87. The lowest BCUT2D eigenvalue weighted by Crippen LogP contribution is -2.10. The lowest BCUT2D eigenvalue weighted by Gasteiger charge is -2.18. The highest BCUT2D eigenvalue weighted by atomic mass is 35.5. The van der Waals surface area contributed by atoms with E-state index in [2.05, 4.69) is 45.0 Å². The molecule has 3 aromatic carbocycles. The first-order valence-corrected chi connectivity index (χ1v) is 11.7. The fourth-order valence-corrected chi connectivity index (χ4v) is 6.51. The smallest absolute Gasteiger partial charge is 0.204 e. The number of halogens is 4. The molecule has 0 aliphatic heterocycles. The summed E-state index contributed by atoms with van der Waals surface area (Å²) < 4.78 is 1.69. The van der Waals surface area contributed by atoms with Crippen LogP contribution in [0.15, 0.2) is 53.3 Å². The Balaban J connectivity index is 2.17. The third-order valence-corrected chi connectivity index (χ3v) is 8.67. The van der Waals surface area contributed by atoms with Crippen LogP contribution < -0.4 is 5.43 Å². The predicted molar refractivity (Wildman–Crippen MR) is 130 cm³/mol. The van der Waals surface area contributed by atoms with Gasteiger partial charge in [0.05, 0.1) is 30.9 Å². The summed E-state index contributed by atoms with van der Waals surface area (Å²) in [6.45, 7) is 6.53. The van der Waals surface area contributed by atoms with E-state index in [1.807, 2.05) is 0 Å². The van der Waals surface area contributed by atoms with E-state index in [-0.39, 0.29) is 10.8 Å². The first-order valence-electron chi connectivity index (χ1n) is 8.95. The zero-order valence-corrected chi connectivity index (χ0v) is 19.8. The van der Waals surface area contributed by atoms with Crippen LogP contribution in [0.2, 0.25) is 20.1 Å². The van der Waals surface area contributed by atoms with Crippen molar-refractivity contribution in [3.63, 3.8) is 0 Å². The number of fused-ring (bicyclic) bond motifs is 2. The molecule has 1 nitrogen and oxygen atoms in total. The molecule has 0 atom stereocenters. The monoisotopic (exact) mass is 481 g/mol. The Kier molecular flexibility index (Phi) is 5.38. The first kappa shape index (κ1) is 21.0. The maximum Gasteiger partial charge on any atom is 0.204 e. The topological polar surface area (TPSA) is 17.1 Å². The van der Waals surface area contributed by atoms with Crippen LogP contribution in [0, 0.1) is 0 Å². The summed E-state index contributed by atoms with van der Waals surface area (Å²) in [6, 6.07) is 15.4. The second-order valence-corrected chi connectivity index (χ2v) is 11.5. The van der Waals surface area contributed by atoms with Crippen LogP contribution in [0.25, 0.3) is 25.1 Å². The average molecular weight is 483 g/mol. The Labute approximate surface area is 191 Å². The summed E-state index contributed by atoms with van der Waals surface area (Å²) in [7, 11) is -0.558. The molecule has 0 amide bonds. The normalized spacial score (nSPS) is 12.1. The van der Waals surface area contributed by atoms with Gasteiger partial charge in [-0.15, -0.1) is 0 Å². The highest BCUT2D eigenvalue weighted by molar-refractivity contribution is 7.49. The summed E-state index contributed by atoms with van der Waals surface area (Å²) in [5.74, 6) is 0. The molecule has 0 unspecified atom stereocenters. The van der Waals surface area contributed by atoms with Gasteiger partial charge in [-0.05, 0) is 35.2 Å². The van der Waals surface area contributed by atoms with E-state index >= 15 is 0 Å². The van der Waals surface area contributed by atoms with E-state index in [4.69, 9.17) is 46.4 Å². The van der Waals surface area contributed by atoms with Crippen molar-refractivity contribution in [2.45, 2.75) is 26.2 Å². The molecule has 0 aliphatic carbocycles. The SMILES string of the molecule is CC(C)(C)c1ccc(-[s+]2c3cc(Cl)c(Cl)cc3c(=O)c3cc(Cl)c(Cl)cc32)cc1. The van der Waals surface area contributed by atoms with E-state index in [0.29, 0.717) is 30.9 Å². The van der Waals surface area contributed by atoms with Gasteiger partial charge in [-0.3, -0.25) is 4.79 Å². The summed E-state index contributed by atoms with van der Waals surface area (Å²) in [4.78, 5) is 14.3. The second-order valence-electron chi connectivity index (χ2n) is 7.93. The molecular weight excluding hydrogens is 466 g/mol. The molecule has 0 fully saturated rings. The van der Waals surface area contributed by atoms with Gasteiger partial charge < -0.3 is 0 Å². The van der Waals surface area contributed by atoms with Gasteiger partial charge in [0.1, 0.15) is 0 Å². The van der Waals surface area contributed by atoms with Crippen molar-refractivity contribution in [1.82, 2.24) is 0 Å². The highest BCUT2D eigenvalue weighted by Crippen LogP contribution is 2.46. The van der Waals surface area contributed by atoms with E-state index in [1.165, 1.54) is 5.56 Å². The van der Waals surface area contributed by atoms with Crippen molar-refractivity contribution in [2.24, 2.45) is 0 Å². The fourth-order valence-electron chi connectivity index (χ4n) is 3.36. The maximum absolute atomic E-state index is 13.2. The summed E-state index contributed by atoms with van der Waals surface area (Å²) >= 11 is 25.1. The van der Waals surface area contributed by atoms with Crippen molar-refractivity contribution in [1.29, 1.82) is 0 Å². The van der Waals surface area contributed by atoms with Gasteiger partial charge in [-0.25, -0.2) is 0 Å². The second kappa shape index (κ2) is 7.44. The molecule has 4 aromatic rings. The lowest BCUT2D eigenvalue weighted by molar-refractivity contribution is 0.590. The van der Waals surface area contributed by atoms with Crippen LogP contribution in [0.5, 0.6) is 0 Å². The Hall–Kier alpha value is -1.29. The number of hydrogen-bond acceptors (Lipinski definition) is 1. The Morgan fingerprint density at radius 2 is 1.10 bits per heavy atom. The minimum absolute atomic E-state index is 0.0493. The average Bonchev–Trinajstić information content (AvgIpc) is 2.65. The molecule has 0 aliphatic rings. The summed E-state index contributed by atoms with van der Waals surface area (Å²) in [6.07, 6.45) is 0. The standard InChI is InChI=1S/C23H17Cl4OS/c1-23(2,3)12-4-6-13(7-5-12)29-20-10-18(26)16(24)8-14(20)22(28)15-9-17(25)19(27)11-21(15)29/h4-11H,1-3H3/q+1. The van der Waals surface area contributed by atoms with Crippen molar-refractivity contribution >= 4 is 77.0 Å². The molecule has 0 saturated carbocycles. The van der Waals surface area contributed by atoms with Crippen molar-refractivity contribution in [3.8, 4) is 4.90 Å². The molecule has 0 spiro atoms. The van der Waals surface area contributed by atoms with Gasteiger partial charge in [0.2, 0.25) is 5.43 Å². The van der Waals surface area contributed by atoms with Crippen LogP contribution in [0.4, 0.5) is 0 Å². The largest absolute Gasteiger partial charge is 0.288 e. The van der Waals surface area contributed by atoms with Crippen LogP contribution in [-0.2, 0) is 5.41 Å². The zero-order chi connectivity index (χ0) is 21.1. The molecule has 4 rings (SSSR count). The molecule has 1 heterocycles. The van der Waals surface area contributed by atoms with Crippen LogP contribution in [-0.4, -0.2) is 0 Å². The van der Waals surface area contributed by atoms with Gasteiger partial charge in [0.15, 0.2) is 14.3 Å². The predicted octanol–water partition coefficient (Wildman–Crippen LogP) is 9.00. The van der Waals surface area contributed by atoms with Crippen LogP contribution in [0.3, 0.4) is 0 Å². The van der Waals surface area contributed by atoms with Gasteiger partial charge >= 0.3 is 0 Å². The van der Waals surface area contributed by atoms with Crippen LogP contribution in [0.1, 0.15) is 26.3 Å². The molecule has 1 aromatic heterocycles. The molecule has 29 heavy (non-hydrogen) atoms. The number of hydrogen-bond donors (Lipinski definition) is 0. The Morgan fingerprint density at radius 3 is 1.52 bits per heavy atom. The van der Waals surface area contributed by atoms with E-state index in [1.54, 1.807) is 24.3 Å². The summed E-state index contributed by atoms with van der Waals surface area (Å²) in [5, 5.41) is 2.65. The van der Waals surface area contributed by atoms with Crippen molar-refractivity contribution < 1.29 is 0 Å². The molecule has 0 saturated heterocycles. The van der Waals surface area contributed by atoms with Gasteiger partial charge in [-0.2, -0.15) is 0 Å². The van der Waals surface area contributed by atoms with Crippen molar-refractivity contribution in [3.05, 3.63) is 84.4 Å². The van der Waals surface area contributed by atoms with Gasteiger partial charge in [0, 0.05) is 22.6 Å². The zero-order valence-electron chi connectivity index (χ0n) is 15.9. The van der Waals surface area contributed by atoms with Crippen molar-refractivity contribution in [2.75, 3.05) is 0 Å². The molecule has 0 bridgehead atoms. The number of rotatable bonds is 1. The van der Waals surface area contributed by atoms with Crippen LogP contribution >= 0.6 is 56.9 Å². The molecule has 0 radical (unpaired) electrons. The van der Waals surface area contributed by atoms with Gasteiger partial charge in [-0.1, -0.05) is 79.3 Å². The quantitative estimate of drug-likeness (QED) is 0.195. The third-order valence-electron chi connectivity index (χ3n) is 4.93. The molecule has 6 heteroatoms. The maximum atomic E-state index is 13.2. The molecule has 148 valence electrons. The molecular formula is C23H17Cl4OS+. The molecule has 0 N–H and O–H groups in total. The highest BCUT2D eigenvalue weighted by Gasteiger charge is 2.26. The number of benzene rings is 3. The van der Waals surface area contributed by atoms with E-state index in [0.717, 1.165) is 14.3 Å². The van der Waals surface area contributed by atoms with Gasteiger partial charge in [0.25, 0.3) is 0 Å². The minimum Gasteiger partial charge on any atom is -0.288 e. The minimum atomic E-state index is -0.558. The Morgan fingerprint density at radius 1 is 0.690 bits per heavy atom.